The van der Waals surface area contributed by atoms with Crippen molar-refractivity contribution >= 4 is 17.2 Å². The van der Waals surface area contributed by atoms with Crippen molar-refractivity contribution < 1.29 is 9.53 Å². The maximum Gasteiger partial charge on any atom is 0.237 e. The first kappa shape index (κ1) is 13.2. The molecule has 2 unspecified atom stereocenters. The highest BCUT2D eigenvalue weighted by molar-refractivity contribution is 7.10. The summed E-state index contributed by atoms with van der Waals surface area (Å²) in [7, 11) is 1.60. The second-order valence-electron chi connectivity index (χ2n) is 3.63. The summed E-state index contributed by atoms with van der Waals surface area (Å²) in [6.07, 6.45) is 0.541. The van der Waals surface area contributed by atoms with E-state index in [1.165, 1.54) is 0 Å². The van der Waals surface area contributed by atoms with Crippen LogP contribution in [-0.2, 0) is 9.53 Å². The summed E-state index contributed by atoms with van der Waals surface area (Å²) in [6.45, 7) is 2.45. The van der Waals surface area contributed by atoms with Gasteiger partial charge in [-0.1, -0.05) is 6.07 Å². The van der Waals surface area contributed by atoms with Gasteiger partial charge in [-0.3, -0.25) is 4.79 Å². The number of methoxy groups -OCH3 is 1. The molecular formula is C11H18N2O2S. The molecule has 5 heteroatoms. The second kappa shape index (κ2) is 6.62. The monoisotopic (exact) mass is 242 g/mol. The third-order valence-electron chi connectivity index (χ3n) is 2.30. The number of carbonyl (C=O) groups excluding carboxylic acids is 1. The van der Waals surface area contributed by atoms with Crippen molar-refractivity contribution in [3.05, 3.63) is 22.4 Å². The molecule has 4 nitrogen and oxygen atoms in total. The van der Waals surface area contributed by atoms with Gasteiger partial charge in [0.1, 0.15) is 0 Å². The molecule has 0 saturated heterocycles. The zero-order chi connectivity index (χ0) is 12.0. The van der Waals surface area contributed by atoms with E-state index in [4.69, 9.17) is 10.5 Å². The molecule has 0 bridgehead atoms. The summed E-state index contributed by atoms with van der Waals surface area (Å²) in [4.78, 5) is 12.8. The second-order valence-corrected chi connectivity index (χ2v) is 4.61. The highest BCUT2D eigenvalue weighted by Crippen LogP contribution is 2.17. The van der Waals surface area contributed by atoms with Crippen molar-refractivity contribution in [2.24, 2.45) is 5.73 Å². The van der Waals surface area contributed by atoms with Crippen LogP contribution in [0.4, 0.5) is 0 Å². The Morgan fingerprint density at radius 1 is 1.69 bits per heavy atom. The van der Waals surface area contributed by atoms with E-state index in [-0.39, 0.29) is 11.9 Å². The Kier molecular flexibility index (Phi) is 5.45. The van der Waals surface area contributed by atoms with E-state index in [9.17, 15) is 4.79 Å². The molecule has 0 fully saturated rings. The first-order valence-electron chi connectivity index (χ1n) is 5.23. The van der Waals surface area contributed by atoms with Gasteiger partial charge in [-0.05, 0) is 24.8 Å². The van der Waals surface area contributed by atoms with Crippen LogP contribution in [0.3, 0.4) is 0 Å². The van der Waals surface area contributed by atoms with Crippen LogP contribution in [-0.4, -0.2) is 25.7 Å². The van der Waals surface area contributed by atoms with Gasteiger partial charge in [-0.15, -0.1) is 11.3 Å². The number of nitrogens with one attached hydrogen (secondary N) is 1. The highest BCUT2D eigenvalue weighted by Gasteiger charge is 2.16. The maximum atomic E-state index is 11.7. The van der Waals surface area contributed by atoms with Gasteiger partial charge in [0.2, 0.25) is 5.91 Å². The van der Waals surface area contributed by atoms with Crippen LogP contribution in [0.1, 0.15) is 24.3 Å². The molecule has 0 aromatic carbocycles. The lowest BCUT2D eigenvalue weighted by Gasteiger charge is -2.16. The zero-order valence-electron chi connectivity index (χ0n) is 9.60. The predicted molar refractivity (Wildman–Crippen MR) is 65.3 cm³/mol. The Bertz CT molecular complexity index is 314. The molecule has 1 rings (SSSR count). The van der Waals surface area contributed by atoms with Crippen LogP contribution in [0.2, 0.25) is 0 Å². The minimum Gasteiger partial charge on any atom is -0.385 e. The summed E-state index contributed by atoms with van der Waals surface area (Å²) in [5.41, 5.74) is 5.72. The van der Waals surface area contributed by atoms with E-state index in [0.29, 0.717) is 13.0 Å². The molecule has 90 valence electrons. The summed E-state index contributed by atoms with van der Waals surface area (Å²) in [6, 6.07) is 3.48. The molecule has 0 saturated carbocycles. The van der Waals surface area contributed by atoms with E-state index in [2.05, 4.69) is 5.32 Å². The van der Waals surface area contributed by atoms with Gasteiger partial charge in [-0.25, -0.2) is 0 Å². The number of thiophene rings is 1. The van der Waals surface area contributed by atoms with Crippen molar-refractivity contribution in [1.29, 1.82) is 0 Å². The lowest BCUT2D eigenvalue weighted by molar-refractivity contribution is -0.123. The third kappa shape index (κ3) is 3.92. The lowest BCUT2D eigenvalue weighted by Crippen LogP contribution is -2.42. The summed E-state index contributed by atoms with van der Waals surface area (Å²) in [5.74, 6) is -0.127. The van der Waals surface area contributed by atoms with Crippen LogP contribution in [0.15, 0.2) is 17.5 Å². The molecule has 0 aliphatic carbocycles. The van der Waals surface area contributed by atoms with Crippen LogP contribution < -0.4 is 11.1 Å². The highest BCUT2D eigenvalue weighted by atomic mass is 32.1. The molecule has 1 aromatic heterocycles. The molecule has 0 aliphatic heterocycles. The number of amides is 1. The molecule has 16 heavy (non-hydrogen) atoms. The van der Waals surface area contributed by atoms with Gasteiger partial charge in [0.15, 0.2) is 0 Å². The maximum absolute atomic E-state index is 11.7. The fourth-order valence-electron chi connectivity index (χ4n) is 1.31. The molecule has 1 aromatic rings. The van der Waals surface area contributed by atoms with Crippen molar-refractivity contribution in [3.8, 4) is 0 Å². The average Bonchev–Trinajstić information content (AvgIpc) is 2.79. The number of hydrogen-bond donors (Lipinski definition) is 2. The average molecular weight is 242 g/mol. The van der Waals surface area contributed by atoms with Gasteiger partial charge in [0.25, 0.3) is 0 Å². The Balaban J connectivity index is 2.39. The minimum absolute atomic E-state index is 0.0149. The van der Waals surface area contributed by atoms with Crippen LogP contribution in [0, 0.1) is 0 Å². The fraction of sp³-hybridized carbons (Fsp3) is 0.545. The van der Waals surface area contributed by atoms with Crippen molar-refractivity contribution in [2.75, 3.05) is 13.7 Å². The molecule has 2 atom stereocenters. The third-order valence-corrected chi connectivity index (χ3v) is 3.35. The van der Waals surface area contributed by atoms with E-state index >= 15 is 0 Å². The first-order valence-corrected chi connectivity index (χ1v) is 6.11. The van der Waals surface area contributed by atoms with Crippen molar-refractivity contribution in [1.82, 2.24) is 5.32 Å². The van der Waals surface area contributed by atoms with Gasteiger partial charge >= 0.3 is 0 Å². The topological polar surface area (TPSA) is 64.3 Å². The number of hydrogen-bond acceptors (Lipinski definition) is 4. The van der Waals surface area contributed by atoms with Crippen molar-refractivity contribution in [3.63, 3.8) is 0 Å². The fourth-order valence-corrected chi connectivity index (χ4v) is 2.04. The van der Waals surface area contributed by atoms with E-state index < -0.39 is 6.04 Å². The summed E-state index contributed by atoms with van der Waals surface area (Å²) >= 11 is 1.62. The quantitative estimate of drug-likeness (QED) is 0.790. The number of ether oxygens (including phenoxy) is 1. The molecule has 1 amide bonds. The standard InChI is InChI=1S/C11H18N2O2S/c1-8(10-4-3-7-16-10)13-11(14)9(12)5-6-15-2/h3-4,7-9H,5-6,12H2,1-2H3,(H,13,14). The van der Waals surface area contributed by atoms with Crippen molar-refractivity contribution in [2.45, 2.75) is 25.4 Å². The largest absolute Gasteiger partial charge is 0.385 e. The molecular weight excluding hydrogens is 224 g/mol. The SMILES string of the molecule is COCCC(N)C(=O)NC(C)c1cccs1. The number of rotatable bonds is 6. The van der Waals surface area contributed by atoms with Gasteiger partial charge in [0.05, 0.1) is 12.1 Å². The molecule has 0 aliphatic rings. The minimum atomic E-state index is -0.498. The normalized spacial score (nSPS) is 14.4. The molecule has 3 N–H and O–H groups in total. The van der Waals surface area contributed by atoms with Crippen LogP contribution >= 0.6 is 11.3 Å². The van der Waals surface area contributed by atoms with Crippen LogP contribution in [0.5, 0.6) is 0 Å². The Morgan fingerprint density at radius 3 is 3.00 bits per heavy atom. The Hall–Kier alpha value is -0.910. The smallest absolute Gasteiger partial charge is 0.237 e. The molecule has 0 radical (unpaired) electrons. The first-order chi connectivity index (χ1) is 7.65. The predicted octanol–water partition coefficient (Wildman–Crippen LogP) is 1.29. The van der Waals surface area contributed by atoms with E-state index in [1.807, 2.05) is 24.4 Å². The Morgan fingerprint density at radius 2 is 2.44 bits per heavy atom. The number of nitrogens with two attached hydrogens (primary N) is 1. The zero-order valence-corrected chi connectivity index (χ0v) is 10.4. The van der Waals surface area contributed by atoms with Gasteiger partial charge in [0, 0.05) is 18.6 Å². The number of carbonyl (C=O) groups is 1. The van der Waals surface area contributed by atoms with Gasteiger partial charge < -0.3 is 15.8 Å². The Labute approximate surface area is 99.8 Å². The van der Waals surface area contributed by atoms with E-state index in [0.717, 1.165) is 4.88 Å². The summed E-state index contributed by atoms with van der Waals surface area (Å²) < 4.78 is 4.88. The van der Waals surface area contributed by atoms with Gasteiger partial charge in [-0.2, -0.15) is 0 Å². The summed E-state index contributed by atoms with van der Waals surface area (Å²) in [5, 5.41) is 4.87. The van der Waals surface area contributed by atoms with Crippen LogP contribution in [0.25, 0.3) is 0 Å². The van der Waals surface area contributed by atoms with E-state index in [1.54, 1.807) is 18.4 Å². The molecule has 1 heterocycles. The molecule has 0 spiro atoms. The lowest BCUT2D eigenvalue weighted by atomic mass is 10.2.